The molecule has 0 aliphatic carbocycles. The molecule has 0 aliphatic rings. The fraction of sp³-hybridized carbons (Fsp3) is 0.800. The molecule has 0 spiro atoms. The molecule has 66 valence electrons. The Kier molecular flexibility index (Phi) is 4.24. The van der Waals surface area contributed by atoms with Crippen LogP contribution in [0.5, 0.6) is 0 Å². The number of aldehydes is 1. The van der Waals surface area contributed by atoms with E-state index in [2.05, 4.69) is 9.50 Å². The van der Waals surface area contributed by atoms with Crippen molar-refractivity contribution >= 4 is 16.4 Å². The van der Waals surface area contributed by atoms with Crippen molar-refractivity contribution in [3.63, 3.8) is 0 Å². The lowest BCUT2D eigenvalue weighted by atomic mass is 10.4. The van der Waals surface area contributed by atoms with E-state index in [9.17, 15) is 13.2 Å². The van der Waals surface area contributed by atoms with Gasteiger partial charge in [-0.25, -0.2) is 0 Å². The second-order valence-electron chi connectivity index (χ2n) is 1.98. The SMILES string of the molecule is CNC(CC=O)OS(C)(=O)=O. The predicted octanol–water partition coefficient (Wildman–Crippen LogP) is -0.903. The number of carbonyl (C=O) groups excluding carboxylic acids is 1. The van der Waals surface area contributed by atoms with Gasteiger partial charge in [-0.05, 0) is 7.05 Å². The Morgan fingerprint density at radius 3 is 2.45 bits per heavy atom. The van der Waals surface area contributed by atoms with E-state index in [1.54, 1.807) is 0 Å². The van der Waals surface area contributed by atoms with Gasteiger partial charge in [-0.15, -0.1) is 0 Å². The van der Waals surface area contributed by atoms with Crippen LogP contribution in [0.15, 0.2) is 0 Å². The number of nitrogens with one attached hydrogen (secondary N) is 1. The van der Waals surface area contributed by atoms with Gasteiger partial charge in [-0.1, -0.05) is 0 Å². The third kappa shape index (κ3) is 5.96. The first-order valence-electron chi connectivity index (χ1n) is 2.98. The van der Waals surface area contributed by atoms with Crippen molar-refractivity contribution in [1.29, 1.82) is 0 Å². The molecule has 0 aliphatic heterocycles. The second kappa shape index (κ2) is 4.42. The minimum atomic E-state index is -3.48. The van der Waals surface area contributed by atoms with E-state index in [-0.39, 0.29) is 6.42 Å². The number of rotatable bonds is 5. The number of carbonyl (C=O) groups is 1. The molecule has 1 N–H and O–H groups in total. The summed E-state index contributed by atoms with van der Waals surface area (Å²) >= 11 is 0. The molecule has 0 bridgehead atoms. The molecule has 11 heavy (non-hydrogen) atoms. The average molecular weight is 181 g/mol. The molecule has 0 aromatic rings. The van der Waals surface area contributed by atoms with Crippen molar-refractivity contribution in [1.82, 2.24) is 5.32 Å². The summed E-state index contributed by atoms with van der Waals surface area (Å²) in [6.45, 7) is 0. The summed E-state index contributed by atoms with van der Waals surface area (Å²) in [4.78, 5) is 9.95. The Hall–Kier alpha value is -0.460. The van der Waals surface area contributed by atoms with Gasteiger partial charge < -0.3 is 4.79 Å². The second-order valence-corrected chi connectivity index (χ2v) is 3.58. The summed E-state index contributed by atoms with van der Waals surface area (Å²) < 4.78 is 25.5. The zero-order valence-electron chi connectivity index (χ0n) is 6.40. The third-order valence-corrected chi connectivity index (χ3v) is 1.51. The molecule has 5 nitrogen and oxygen atoms in total. The fourth-order valence-corrected chi connectivity index (χ4v) is 1.10. The molecule has 0 aromatic carbocycles. The van der Waals surface area contributed by atoms with Gasteiger partial charge in [-0.2, -0.15) is 8.42 Å². The van der Waals surface area contributed by atoms with Gasteiger partial charge in [0.1, 0.15) is 12.5 Å². The van der Waals surface area contributed by atoms with Crippen molar-refractivity contribution in [2.24, 2.45) is 0 Å². The summed E-state index contributed by atoms with van der Waals surface area (Å²) in [5.74, 6) is 0. The molecule has 1 unspecified atom stereocenters. The Morgan fingerprint density at radius 2 is 2.18 bits per heavy atom. The van der Waals surface area contributed by atoms with Gasteiger partial charge in [0.25, 0.3) is 10.1 Å². The first-order chi connectivity index (χ1) is 4.99. The van der Waals surface area contributed by atoms with E-state index in [1.807, 2.05) is 0 Å². The molecular formula is C5H11NO4S. The largest absolute Gasteiger partial charge is 0.303 e. The maximum Gasteiger partial charge on any atom is 0.265 e. The number of hydrogen-bond donors (Lipinski definition) is 1. The van der Waals surface area contributed by atoms with Gasteiger partial charge in [-0.3, -0.25) is 9.50 Å². The lowest BCUT2D eigenvalue weighted by Gasteiger charge is -2.11. The normalized spacial score (nSPS) is 14.4. The highest BCUT2D eigenvalue weighted by Crippen LogP contribution is 1.96. The molecule has 0 saturated carbocycles. The van der Waals surface area contributed by atoms with Crippen LogP contribution in [-0.2, 0) is 19.1 Å². The van der Waals surface area contributed by atoms with Crippen LogP contribution in [0, 0.1) is 0 Å². The zero-order chi connectivity index (χ0) is 8.91. The Morgan fingerprint density at radius 1 is 1.64 bits per heavy atom. The molecule has 0 fully saturated rings. The molecular weight excluding hydrogens is 170 g/mol. The monoisotopic (exact) mass is 181 g/mol. The van der Waals surface area contributed by atoms with Gasteiger partial charge in [0, 0.05) is 6.42 Å². The maximum atomic E-state index is 10.5. The van der Waals surface area contributed by atoms with E-state index in [4.69, 9.17) is 0 Å². The fourth-order valence-electron chi connectivity index (χ4n) is 0.504. The molecule has 0 amide bonds. The molecule has 0 radical (unpaired) electrons. The van der Waals surface area contributed by atoms with Crippen LogP contribution >= 0.6 is 0 Å². The minimum absolute atomic E-state index is 0.0174. The molecule has 1 atom stereocenters. The highest BCUT2D eigenvalue weighted by molar-refractivity contribution is 7.86. The van der Waals surface area contributed by atoms with E-state index in [0.29, 0.717) is 6.29 Å². The molecule has 0 rings (SSSR count). The Balaban J connectivity index is 3.98. The van der Waals surface area contributed by atoms with E-state index in [1.165, 1.54) is 7.05 Å². The zero-order valence-corrected chi connectivity index (χ0v) is 7.22. The summed E-state index contributed by atoms with van der Waals surface area (Å²) in [5.41, 5.74) is 0. The third-order valence-electron chi connectivity index (χ3n) is 0.923. The average Bonchev–Trinajstić information content (AvgIpc) is 1.84. The van der Waals surface area contributed by atoms with Gasteiger partial charge >= 0.3 is 0 Å². The number of hydrogen-bond acceptors (Lipinski definition) is 5. The van der Waals surface area contributed by atoms with Crippen molar-refractivity contribution in [2.45, 2.75) is 12.6 Å². The Bertz CT molecular complexity index is 211. The summed E-state index contributed by atoms with van der Waals surface area (Å²) in [5, 5.41) is 2.53. The molecule has 0 heterocycles. The van der Waals surface area contributed by atoms with Gasteiger partial charge in [0.15, 0.2) is 0 Å². The topological polar surface area (TPSA) is 72.5 Å². The van der Waals surface area contributed by atoms with Crippen molar-refractivity contribution in [3.05, 3.63) is 0 Å². The highest BCUT2D eigenvalue weighted by Gasteiger charge is 2.11. The van der Waals surface area contributed by atoms with Crippen LogP contribution in [0.2, 0.25) is 0 Å². The van der Waals surface area contributed by atoms with Crippen LogP contribution in [0.1, 0.15) is 6.42 Å². The molecule has 0 saturated heterocycles. The van der Waals surface area contributed by atoms with E-state index >= 15 is 0 Å². The Labute approximate surface area is 65.9 Å². The standard InChI is InChI=1S/C5H11NO4S/c1-6-5(3-4-7)10-11(2,8)9/h4-6H,3H2,1-2H3. The van der Waals surface area contributed by atoms with Crippen LogP contribution in [0.25, 0.3) is 0 Å². The first kappa shape index (κ1) is 10.5. The van der Waals surface area contributed by atoms with E-state index < -0.39 is 16.3 Å². The van der Waals surface area contributed by atoms with Crippen LogP contribution in [0.4, 0.5) is 0 Å². The molecule has 6 heteroatoms. The van der Waals surface area contributed by atoms with Gasteiger partial charge in [0.2, 0.25) is 0 Å². The lowest BCUT2D eigenvalue weighted by molar-refractivity contribution is -0.109. The van der Waals surface area contributed by atoms with Crippen molar-refractivity contribution < 1.29 is 17.4 Å². The predicted molar refractivity (Wildman–Crippen MR) is 39.5 cm³/mol. The maximum absolute atomic E-state index is 10.5. The summed E-state index contributed by atoms with van der Waals surface area (Å²) in [6.07, 6.45) is 0.792. The quantitative estimate of drug-likeness (QED) is 0.338. The van der Waals surface area contributed by atoms with Gasteiger partial charge in [0.05, 0.1) is 6.26 Å². The van der Waals surface area contributed by atoms with E-state index in [0.717, 1.165) is 6.26 Å². The summed E-state index contributed by atoms with van der Waals surface area (Å²) in [6, 6.07) is 0. The summed E-state index contributed by atoms with van der Waals surface area (Å²) in [7, 11) is -1.97. The smallest absolute Gasteiger partial charge is 0.265 e. The van der Waals surface area contributed by atoms with Crippen molar-refractivity contribution in [3.8, 4) is 0 Å². The van der Waals surface area contributed by atoms with Crippen LogP contribution < -0.4 is 5.32 Å². The molecule has 0 aromatic heterocycles. The first-order valence-corrected chi connectivity index (χ1v) is 4.80. The van der Waals surface area contributed by atoms with Crippen molar-refractivity contribution in [2.75, 3.05) is 13.3 Å². The highest BCUT2D eigenvalue weighted by atomic mass is 32.2. The lowest BCUT2D eigenvalue weighted by Crippen LogP contribution is -2.30. The van der Waals surface area contributed by atoms with Crippen LogP contribution in [-0.4, -0.2) is 34.2 Å². The minimum Gasteiger partial charge on any atom is -0.303 e. The van der Waals surface area contributed by atoms with Crippen LogP contribution in [0.3, 0.4) is 0 Å².